The Labute approximate surface area is 143 Å². The molecular formula is C20H28O4. The summed E-state index contributed by atoms with van der Waals surface area (Å²) in [6.45, 7) is 2.22. The number of ether oxygens (including phenoxy) is 1. The first-order valence-corrected chi connectivity index (χ1v) is 8.95. The first-order chi connectivity index (χ1) is 11.7. The summed E-state index contributed by atoms with van der Waals surface area (Å²) in [6, 6.07) is 5.03. The van der Waals surface area contributed by atoms with E-state index >= 15 is 0 Å². The molecule has 0 saturated heterocycles. The SMILES string of the molecule is CCCCCCCCCc1oc2cc(O)ccc2c1CC(=O)OC. The summed E-state index contributed by atoms with van der Waals surface area (Å²) in [5.41, 5.74) is 1.52. The average molecular weight is 332 g/mol. The highest BCUT2D eigenvalue weighted by atomic mass is 16.5. The van der Waals surface area contributed by atoms with Crippen molar-refractivity contribution in [2.75, 3.05) is 7.11 Å². The van der Waals surface area contributed by atoms with Gasteiger partial charge in [0, 0.05) is 23.4 Å². The molecule has 0 bridgehead atoms. The minimum Gasteiger partial charge on any atom is -0.508 e. The molecule has 0 aliphatic carbocycles. The van der Waals surface area contributed by atoms with Gasteiger partial charge in [-0.25, -0.2) is 0 Å². The molecule has 0 saturated carbocycles. The minimum atomic E-state index is -0.272. The highest BCUT2D eigenvalue weighted by molar-refractivity contribution is 5.87. The Kier molecular flexibility index (Phi) is 7.16. The van der Waals surface area contributed by atoms with E-state index in [2.05, 4.69) is 6.92 Å². The van der Waals surface area contributed by atoms with E-state index in [0.29, 0.717) is 5.58 Å². The largest absolute Gasteiger partial charge is 0.508 e. The molecule has 1 aromatic carbocycles. The quantitative estimate of drug-likeness (QED) is 0.483. The lowest BCUT2D eigenvalue weighted by Crippen LogP contribution is -2.05. The van der Waals surface area contributed by atoms with E-state index in [1.807, 2.05) is 0 Å². The third-order valence-corrected chi connectivity index (χ3v) is 4.42. The van der Waals surface area contributed by atoms with Crippen LogP contribution >= 0.6 is 0 Å². The second-order valence-corrected chi connectivity index (χ2v) is 6.31. The average Bonchev–Trinajstić information content (AvgIpc) is 2.90. The number of fused-ring (bicyclic) bond motifs is 1. The number of unbranched alkanes of at least 4 members (excludes halogenated alkanes) is 6. The predicted octanol–water partition coefficient (Wildman–Crippen LogP) is 5.15. The molecule has 24 heavy (non-hydrogen) atoms. The van der Waals surface area contributed by atoms with Crippen LogP contribution in [-0.4, -0.2) is 18.2 Å². The number of carbonyl (C=O) groups excluding carboxylic acids is 1. The highest BCUT2D eigenvalue weighted by Gasteiger charge is 2.17. The standard InChI is InChI=1S/C20H28O4/c1-3-4-5-6-7-8-9-10-18-17(14-20(22)23-2)16-12-11-15(21)13-19(16)24-18/h11-13,21H,3-10,14H2,1-2H3. The van der Waals surface area contributed by atoms with Crippen LogP contribution in [0, 0.1) is 0 Å². The second-order valence-electron chi connectivity index (χ2n) is 6.31. The van der Waals surface area contributed by atoms with Gasteiger partial charge in [0.25, 0.3) is 0 Å². The summed E-state index contributed by atoms with van der Waals surface area (Å²) < 4.78 is 10.7. The predicted molar refractivity (Wildman–Crippen MR) is 95.3 cm³/mol. The van der Waals surface area contributed by atoms with Crippen LogP contribution in [0.2, 0.25) is 0 Å². The molecule has 0 fully saturated rings. The summed E-state index contributed by atoms with van der Waals surface area (Å²) in [5.74, 6) is 0.740. The number of methoxy groups -OCH3 is 1. The zero-order valence-electron chi connectivity index (χ0n) is 14.8. The number of hydrogen-bond acceptors (Lipinski definition) is 4. The molecular weight excluding hydrogens is 304 g/mol. The third-order valence-electron chi connectivity index (χ3n) is 4.42. The molecule has 2 aromatic rings. The van der Waals surface area contributed by atoms with Crippen molar-refractivity contribution >= 4 is 16.9 Å². The van der Waals surface area contributed by atoms with Crippen LogP contribution in [0.1, 0.15) is 63.2 Å². The van der Waals surface area contributed by atoms with Crippen LogP contribution in [0.5, 0.6) is 5.75 Å². The van der Waals surface area contributed by atoms with Gasteiger partial charge >= 0.3 is 5.97 Å². The molecule has 0 aliphatic heterocycles. The number of esters is 1. The monoisotopic (exact) mass is 332 g/mol. The molecule has 0 amide bonds. The van der Waals surface area contributed by atoms with Gasteiger partial charge in [0.2, 0.25) is 0 Å². The topological polar surface area (TPSA) is 59.7 Å². The zero-order valence-corrected chi connectivity index (χ0v) is 14.8. The lowest BCUT2D eigenvalue weighted by Gasteiger charge is -2.03. The van der Waals surface area contributed by atoms with Crippen molar-refractivity contribution in [1.29, 1.82) is 0 Å². The summed E-state index contributed by atoms with van der Waals surface area (Å²) in [6.07, 6.45) is 9.67. The fraction of sp³-hybridized carbons (Fsp3) is 0.550. The maximum Gasteiger partial charge on any atom is 0.310 e. The van der Waals surface area contributed by atoms with Crippen LogP contribution in [0.3, 0.4) is 0 Å². The summed E-state index contributed by atoms with van der Waals surface area (Å²) in [7, 11) is 1.40. The van der Waals surface area contributed by atoms with Crippen molar-refractivity contribution in [3.63, 3.8) is 0 Å². The molecule has 0 atom stereocenters. The van der Waals surface area contributed by atoms with E-state index in [-0.39, 0.29) is 18.1 Å². The van der Waals surface area contributed by atoms with Crippen LogP contribution in [0.15, 0.2) is 22.6 Å². The molecule has 132 valence electrons. The van der Waals surface area contributed by atoms with Gasteiger partial charge in [0.1, 0.15) is 17.1 Å². The number of aryl methyl sites for hydroxylation is 1. The number of phenolic OH excluding ortho intramolecular Hbond substituents is 1. The molecule has 0 unspecified atom stereocenters. The smallest absolute Gasteiger partial charge is 0.310 e. The molecule has 0 spiro atoms. The summed E-state index contributed by atoms with van der Waals surface area (Å²) in [5, 5.41) is 10.5. The molecule has 2 rings (SSSR count). The van der Waals surface area contributed by atoms with Crippen molar-refractivity contribution in [3.8, 4) is 5.75 Å². The van der Waals surface area contributed by atoms with Gasteiger partial charge in [-0.15, -0.1) is 0 Å². The number of aromatic hydroxyl groups is 1. The maximum absolute atomic E-state index is 11.7. The van der Waals surface area contributed by atoms with Crippen LogP contribution < -0.4 is 0 Å². The number of phenols is 1. The van der Waals surface area contributed by atoms with Gasteiger partial charge < -0.3 is 14.3 Å². The second kappa shape index (κ2) is 9.36. The fourth-order valence-corrected chi connectivity index (χ4v) is 3.04. The molecule has 1 N–H and O–H groups in total. The fourth-order valence-electron chi connectivity index (χ4n) is 3.04. The number of rotatable bonds is 10. The Morgan fingerprint density at radius 2 is 1.83 bits per heavy atom. The van der Waals surface area contributed by atoms with E-state index in [1.165, 1.54) is 45.6 Å². The van der Waals surface area contributed by atoms with Crippen molar-refractivity contribution in [3.05, 3.63) is 29.5 Å². The van der Waals surface area contributed by atoms with E-state index in [9.17, 15) is 9.90 Å². The van der Waals surface area contributed by atoms with Crippen LogP contribution in [0.4, 0.5) is 0 Å². The van der Waals surface area contributed by atoms with E-state index in [4.69, 9.17) is 9.15 Å². The summed E-state index contributed by atoms with van der Waals surface area (Å²) in [4.78, 5) is 11.7. The molecule has 0 aliphatic rings. The Morgan fingerprint density at radius 1 is 1.12 bits per heavy atom. The number of furan rings is 1. The van der Waals surface area contributed by atoms with Gasteiger partial charge in [0.05, 0.1) is 13.5 Å². The van der Waals surface area contributed by atoms with Crippen molar-refractivity contribution < 1.29 is 19.1 Å². The van der Waals surface area contributed by atoms with Gasteiger partial charge in [-0.2, -0.15) is 0 Å². The van der Waals surface area contributed by atoms with Gasteiger partial charge in [-0.05, 0) is 18.6 Å². The first kappa shape index (κ1) is 18.4. The minimum absolute atomic E-state index is 0.170. The van der Waals surface area contributed by atoms with Crippen LogP contribution in [0.25, 0.3) is 11.0 Å². The maximum atomic E-state index is 11.7. The van der Waals surface area contributed by atoms with E-state index in [0.717, 1.165) is 29.6 Å². The van der Waals surface area contributed by atoms with E-state index in [1.54, 1.807) is 18.2 Å². The molecule has 1 heterocycles. The summed E-state index contributed by atoms with van der Waals surface area (Å²) >= 11 is 0. The molecule has 1 aromatic heterocycles. The number of hydrogen-bond donors (Lipinski definition) is 1. The van der Waals surface area contributed by atoms with Crippen molar-refractivity contribution in [2.24, 2.45) is 0 Å². The third kappa shape index (κ3) is 5.02. The Balaban J connectivity index is 2.02. The zero-order chi connectivity index (χ0) is 17.4. The highest BCUT2D eigenvalue weighted by Crippen LogP contribution is 2.30. The first-order valence-electron chi connectivity index (χ1n) is 8.95. The Hall–Kier alpha value is -1.97. The number of benzene rings is 1. The van der Waals surface area contributed by atoms with Gasteiger partial charge in [0.15, 0.2) is 0 Å². The van der Waals surface area contributed by atoms with Gasteiger partial charge in [-0.1, -0.05) is 45.4 Å². The lowest BCUT2D eigenvalue weighted by molar-refractivity contribution is -0.139. The Bertz CT molecular complexity index is 657. The normalized spacial score (nSPS) is 11.1. The molecule has 0 radical (unpaired) electrons. The van der Waals surface area contributed by atoms with Crippen LogP contribution in [-0.2, 0) is 22.4 Å². The van der Waals surface area contributed by atoms with Gasteiger partial charge in [-0.3, -0.25) is 4.79 Å². The number of carbonyl (C=O) groups is 1. The van der Waals surface area contributed by atoms with Crippen molar-refractivity contribution in [2.45, 2.75) is 64.7 Å². The van der Waals surface area contributed by atoms with E-state index < -0.39 is 0 Å². The Morgan fingerprint density at radius 3 is 2.54 bits per heavy atom. The molecule has 4 nitrogen and oxygen atoms in total. The van der Waals surface area contributed by atoms with Crippen molar-refractivity contribution in [1.82, 2.24) is 0 Å². The molecule has 4 heteroatoms. The lowest BCUT2D eigenvalue weighted by atomic mass is 10.0.